The summed E-state index contributed by atoms with van der Waals surface area (Å²) in [5.74, 6) is -1.02. The van der Waals surface area contributed by atoms with Crippen molar-refractivity contribution >= 4 is 17.7 Å². The molecule has 0 spiro atoms. The Balaban J connectivity index is 2.26. The zero-order valence-electron chi connectivity index (χ0n) is 22.0. The van der Waals surface area contributed by atoms with Gasteiger partial charge in [-0.15, -0.1) is 0 Å². The van der Waals surface area contributed by atoms with Gasteiger partial charge in [0, 0.05) is 41.7 Å². The van der Waals surface area contributed by atoms with Gasteiger partial charge in [0.05, 0.1) is 17.4 Å². The lowest BCUT2D eigenvalue weighted by atomic mass is 9.81. The molecule has 0 aliphatic carbocycles. The van der Waals surface area contributed by atoms with Crippen LogP contribution in [0, 0.1) is 30.6 Å². The van der Waals surface area contributed by atoms with Gasteiger partial charge >= 0.3 is 5.97 Å². The van der Waals surface area contributed by atoms with E-state index in [9.17, 15) is 9.90 Å². The fraction of sp³-hybridized carbons (Fsp3) is 0.483. The van der Waals surface area contributed by atoms with Gasteiger partial charge in [-0.05, 0) is 70.1 Å². The lowest BCUT2D eigenvalue weighted by Gasteiger charge is -2.41. The predicted molar refractivity (Wildman–Crippen MR) is 140 cm³/mol. The summed E-state index contributed by atoms with van der Waals surface area (Å²) in [4.78, 5) is 19.7. The largest absolute Gasteiger partial charge is 0.479 e. The number of ether oxygens (including phenoxy) is 1. The van der Waals surface area contributed by atoms with Crippen LogP contribution in [0.3, 0.4) is 0 Å². The number of aliphatic carboxylic acids is 1. The van der Waals surface area contributed by atoms with Crippen LogP contribution in [0.15, 0.2) is 30.3 Å². The minimum atomic E-state index is -1.13. The number of anilines is 1. The Morgan fingerprint density at radius 2 is 1.77 bits per heavy atom. The Morgan fingerprint density at radius 3 is 2.29 bits per heavy atom. The Hall–Kier alpha value is -3.17. The van der Waals surface area contributed by atoms with E-state index in [0.717, 1.165) is 54.0 Å². The SMILES string of the molecule is Cc1nc(C)c([C@H](OC(C)(C)C)C(=O)O)c(N2CCC(C)(C)CC2)c1-c1ccc(/C=C/C#N)cc1. The number of nitriles is 1. The van der Waals surface area contributed by atoms with Gasteiger partial charge < -0.3 is 14.7 Å². The summed E-state index contributed by atoms with van der Waals surface area (Å²) in [6.45, 7) is 15.7. The zero-order valence-corrected chi connectivity index (χ0v) is 22.0. The molecule has 0 unspecified atom stereocenters. The van der Waals surface area contributed by atoms with Gasteiger partial charge in [0.25, 0.3) is 0 Å². The average molecular weight is 476 g/mol. The lowest BCUT2D eigenvalue weighted by molar-refractivity contribution is -0.160. The molecule has 1 aliphatic rings. The number of aromatic nitrogens is 1. The van der Waals surface area contributed by atoms with Crippen LogP contribution in [0.5, 0.6) is 0 Å². The monoisotopic (exact) mass is 475 g/mol. The van der Waals surface area contributed by atoms with E-state index < -0.39 is 17.7 Å². The maximum absolute atomic E-state index is 12.5. The first-order valence-electron chi connectivity index (χ1n) is 12.2. The van der Waals surface area contributed by atoms with E-state index in [1.807, 2.05) is 65.0 Å². The van der Waals surface area contributed by atoms with E-state index in [0.29, 0.717) is 11.3 Å². The van der Waals surface area contributed by atoms with E-state index in [1.54, 1.807) is 6.08 Å². The number of carboxylic acid groups (broad SMARTS) is 1. The number of rotatable bonds is 6. The summed E-state index contributed by atoms with van der Waals surface area (Å²) in [6, 6.07) is 9.97. The lowest BCUT2D eigenvalue weighted by Crippen LogP contribution is -2.39. The molecule has 1 atom stereocenters. The number of allylic oxidation sites excluding steroid dienone is 1. The van der Waals surface area contributed by atoms with E-state index in [4.69, 9.17) is 15.0 Å². The third-order valence-electron chi connectivity index (χ3n) is 6.52. The molecule has 1 N–H and O–H groups in total. The fourth-order valence-electron chi connectivity index (χ4n) is 4.65. The van der Waals surface area contributed by atoms with Crippen molar-refractivity contribution in [2.75, 3.05) is 18.0 Å². The van der Waals surface area contributed by atoms with E-state index in [1.165, 1.54) is 6.08 Å². The van der Waals surface area contributed by atoms with Crippen LogP contribution in [0.25, 0.3) is 17.2 Å². The second-order valence-corrected chi connectivity index (χ2v) is 11.1. The number of aryl methyl sites for hydroxylation is 2. The summed E-state index contributed by atoms with van der Waals surface area (Å²) >= 11 is 0. The van der Waals surface area contributed by atoms with Crippen molar-refractivity contribution < 1.29 is 14.6 Å². The van der Waals surface area contributed by atoms with Crippen molar-refractivity contribution in [3.05, 3.63) is 52.9 Å². The molecule has 3 rings (SSSR count). The topological polar surface area (TPSA) is 86.5 Å². The van der Waals surface area contributed by atoms with Crippen LogP contribution >= 0.6 is 0 Å². The molecule has 186 valence electrons. The number of carboxylic acids is 1. The van der Waals surface area contributed by atoms with Crippen molar-refractivity contribution in [3.8, 4) is 17.2 Å². The summed E-state index contributed by atoms with van der Waals surface area (Å²) < 4.78 is 6.13. The Labute approximate surface area is 209 Å². The number of hydrogen-bond donors (Lipinski definition) is 1. The summed E-state index contributed by atoms with van der Waals surface area (Å²) in [6.07, 6.45) is 4.11. The first kappa shape index (κ1) is 26.4. The van der Waals surface area contributed by atoms with Crippen molar-refractivity contribution in [3.63, 3.8) is 0 Å². The standard InChI is InChI=1S/C29H37N3O3/c1-19-23(22-12-10-21(11-13-22)9-8-16-30)25(32-17-14-29(6,7)15-18-32)24(20(2)31-19)26(27(33)34)35-28(3,4)5/h8-13,26H,14-15,17-18H2,1-7H3,(H,33,34)/b9-8+/t26-/m0/s1. The van der Waals surface area contributed by atoms with Crippen molar-refractivity contribution in [2.45, 2.75) is 73.0 Å². The molecule has 0 amide bonds. The number of pyridine rings is 1. The van der Waals surface area contributed by atoms with Gasteiger partial charge in [-0.1, -0.05) is 38.1 Å². The van der Waals surface area contributed by atoms with Crippen LogP contribution in [0.4, 0.5) is 5.69 Å². The van der Waals surface area contributed by atoms with Crippen LogP contribution in [-0.4, -0.2) is 34.8 Å². The molecule has 2 heterocycles. The highest BCUT2D eigenvalue weighted by atomic mass is 16.5. The molecule has 1 saturated heterocycles. The maximum atomic E-state index is 12.5. The highest BCUT2D eigenvalue weighted by Gasteiger charge is 2.36. The van der Waals surface area contributed by atoms with Crippen LogP contribution < -0.4 is 4.90 Å². The smallest absolute Gasteiger partial charge is 0.337 e. The van der Waals surface area contributed by atoms with Gasteiger partial charge in [-0.3, -0.25) is 4.98 Å². The van der Waals surface area contributed by atoms with Gasteiger partial charge in [0.1, 0.15) is 0 Å². The minimum absolute atomic E-state index is 0.247. The zero-order chi connectivity index (χ0) is 26.0. The molecule has 2 aromatic rings. The Morgan fingerprint density at radius 1 is 1.17 bits per heavy atom. The second kappa shape index (κ2) is 10.2. The van der Waals surface area contributed by atoms with Crippen LogP contribution in [0.1, 0.15) is 76.1 Å². The number of piperidine rings is 1. The van der Waals surface area contributed by atoms with E-state index in [-0.39, 0.29) is 5.41 Å². The van der Waals surface area contributed by atoms with Crippen molar-refractivity contribution in [2.24, 2.45) is 5.41 Å². The van der Waals surface area contributed by atoms with Gasteiger partial charge in [-0.2, -0.15) is 5.26 Å². The molecule has 1 fully saturated rings. The predicted octanol–water partition coefficient (Wildman–Crippen LogP) is 6.47. The number of hydrogen-bond acceptors (Lipinski definition) is 5. The number of carbonyl (C=O) groups is 1. The van der Waals surface area contributed by atoms with Crippen molar-refractivity contribution in [1.29, 1.82) is 5.26 Å². The molecule has 6 heteroatoms. The van der Waals surface area contributed by atoms with E-state index >= 15 is 0 Å². The molecule has 1 aromatic carbocycles. The second-order valence-electron chi connectivity index (χ2n) is 11.1. The molecular weight excluding hydrogens is 438 g/mol. The summed E-state index contributed by atoms with van der Waals surface area (Å²) in [5.41, 5.74) is 5.49. The van der Waals surface area contributed by atoms with Gasteiger partial charge in [0.15, 0.2) is 6.10 Å². The fourth-order valence-corrected chi connectivity index (χ4v) is 4.65. The average Bonchev–Trinajstić information content (AvgIpc) is 2.76. The first-order valence-corrected chi connectivity index (χ1v) is 12.2. The number of benzene rings is 1. The quantitative estimate of drug-likeness (QED) is 0.482. The summed E-state index contributed by atoms with van der Waals surface area (Å²) in [7, 11) is 0. The molecular formula is C29H37N3O3. The van der Waals surface area contributed by atoms with Crippen molar-refractivity contribution in [1.82, 2.24) is 4.98 Å². The molecule has 0 radical (unpaired) electrons. The minimum Gasteiger partial charge on any atom is -0.479 e. The molecule has 6 nitrogen and oxygen atoms in total. The highest BCUT2D eigenvalue weighted by Crippen LogP contribution is 2.44. The van der Waals surface area contributed by atoms with Gasteiger partial charge in [0.2, 0.25) is 0 Å². The molecule has 0 saturated carbocycles. The first-order chi connectivity index (χ1) is 16.3. The summed E-state index contributed by atoms with van der Waals surface area (Å²) in [5, 5.41) is 19.1. The molecule has 0 bridgehead atoms. The third-order valence-corrected chi connectivity index (χ3v) is 6.52. The third kappa shape index (κ3) is 6.29. The van der Waals surface area contributed by atoms with Gasteiger partial charge in [-0.25, -0.2) is 4.79 Å². The molecule has 1 aliphatic heterocycles. The van der Waals surface area contributed by atoms with E-state index in [2.05, 4.69) is 18.7 Å². The molecule has 1 aromatic heterocycles. The molecule has 35 heavy (non-hydrogen) atoms. The van der Waals surface area contributed by atoms with Crippen LogP contribution in [-0.2, 0) is 9.53 Å². The van der Waals surface area contributed by atoms with Crippen LogP contribution in [0.2, 0.25) is 0 Å². The Bertz CT molecular complexity index is 1140. The normalized spacial score (nSPS) is 16.8. The maximum Gasteiger partial charge on any atom is 0.337 e. The highest BCUT2D eigenvalue weighted by molar-refractivity contribution is 5.88. The number of nitrogens with zero attached hydrogens (tertiary/aromatic N) is 3. The Kier molecular flexibility index (Phi) is 7.71.